The van der Waals surface area contributed by atoms with Gasteiger partial charge in [-0.05, 0) is 80.1 Å². The number of ether oxygens (including phenoxy) is 1. The quantitative estimate of drug-likeness (QED) is 0.267. The predicted octanol–water partition coefficient (Wildman–Crippen LogP) is 6.72. The lowest BCUT2D eigenvalue weighted by Gasteiger charge is -2.27. The minimum Gasteiger partial charge on any atom is -0.503 e. The highest BCUT2D eigenvalue weighted by Crippen LogP contribution is 2.43. The Morgan fingerprint density at radius 3 is 2.34 bits per heavy atom. The first-order valence-electron chi connectivity index (χ1n) is 12.2. The highest BCUT2D eigenvalue weighted by atomic mass is 35.5. The maximum atomic E-state index is 13.8. The van der Waals surface area contributed by atoms with E-state index in [0.29, 0.717) is 33.0 Å². The third-order valence-corrected chi connectivity index (χ3v) is 6.60. The van der Waals surface area contributed by atoms with Crippen LogP contribution < -0.4 is 14.5 Å². The number of halogens is 1. The Hall–Kier alpha value is -4.23. The summed E-state index contributed by atoms with van der Waals surface area (Å²) < 4.78 is 11.6. The number of furan rings is 1. The molecule has 4 aromatic rings. The number of benzene rings is 3. The van der Waals surface area contributed by atoms with Gasteiger partial charge in [-0.15, -0.1) is 0 Å². The van der Waals surface area contributed by atoms with Crippen molar-refractivity contribution in [2.75, 3.05) is 23.9 Å². The fourth-order valence-corrected chi connectivity index (χ4v) is 4.77. The molecule has 0 saturated carbocycles. The van der Waals surface area contributed by atoms with Crippen LogP contribution in [0.5, 0.6) is 5.75 Å². The van der Waals surface area contributed by atoms with Crippen LogP contribution in [0.25, 0.3) is 11.0 Å². The Morgan fingerprint density at radius 2 is 1.71 bits per heavy atom. The molecule has 0 radical (unpaired) electrons. The summed E-state index contributed by atoms with van der Waals surface area (Å²) in [5.41, 5.74) is 2.54. The number of hydrogen-bond acceptors (Lipinski definition) is 6. The normalized spacial score (nSPS) is 15.6. The number of rotatable bonds is 7. The second-order valence-electron chi connectivity index (χ2n) is 9.61. The molecule has 194 valence electrons. The average molecular weight is 531 g/mol. The summed E-state index contributed by atoms with van der Waals surface area (Å²) in [5, 5.41) is 12.2. The van der Waals surface area contributed by atoms with Crippen LogP contribution in [0.3, 0.4) is 0 Å². The molecule has 38 heavy (non-hydrogen) atoms. The molecule has 1 aromatic heterocycles. The molecule has 1 N–H and O–H groups in total. The standard InChI is InChI=1S/C30H27ClN2O5/c1-17(2)37-23-12-5-18(6-13-23)27-26(28(34)25-16-19-15-20(31)7-14-24(19)38-25)29(35)30(36)33(27)22-10-8-21(9-11-22)32(3)4/h5-17,27,35H,1-4H3. The van der Waals surface area contributed by atoms with Crippen molar-refractivity contribution in [3.8, 4) is 5.75 Å². The lowest BCUT2D eigenvalue weighted by atomic mass is 9.94. The lowest BCUT2D eigenvalue weighted by Crippen LogP contribution is -2.31. The second-order valence-corrected chi connectivity index (χ2v) is 10.0. The van der Waals surface area contributed by atoms with Crippen LogP contribution >= 0.6 is 11.6 Å². The second kappa shape index (κ2) is 9.91. The van der Waals surface area contributed by atoms with Crippen LogP contribution in [0.2, 0.25) is 5.02 Å². The van der Waals surface area contributed by atoms with E-state index < -0.39 is 23.5 Å². The summed E-state index contributed by atoms with van der Waals surface area (Å²) in [7, 11) is 3.84. The molecule has 1 unspecified atom stereocenters. The number of carbonyl (C=O) groups is 2. The van der Waals surface area contributed by atoms with Gasteiger partial charge in [0.25, 0.3) is 5.91 Å². The van der Waals surface area contributed by atoms with Crippen molar-refractivity contribution in [2.24, 2.45) is 0 Å². The third-order valence-electron chi connectivity index (χ3n) is 6.37. The minimum absolute atomic E-state index is 0.00573. The smallest absolute Gasteiger partial charge is 0.294 e. The van der Waals surface area contributed by atoms with Gasteiger partial charge < -0.3 is 19.2 Å². The molecule has 0 bridgehead atoms. The maximum Gasteiger partial charge on any atom is 0.294 e. The number of hydrogen-bond donors (Lipinski definition) is 1. The number of carbonyl (C=O) groups excluding carboxylic acids is 2. The van der Waals surface area contributed by atoms with Gasteiger partial charge in [0.2, 0.25) is 5.78 Å². The van der Waals surface area contributed by atoms with E-state index in [1.165, 1.54) is 4.90 Å². The molecule has 5 rings (SSSR count). The van der Waals surface area contributed by atoms with E-state index in [2.05, 4.69) is 0 Å². The van der Waals surface area contributed by atoms with Crippen LogP contribution in [0.4, 0.5) is 11.4 Å². The van der Waals surface area contributed by atoms with Crippen LogP contribution in [0, 0.1) is 0 Å². The molecular weight excluding hydrogens is 504 g/mol. The van der Waals surface area contributed by atoms with Crippen molar-refractivity contribution >= 4 is 45.6 Å². The summed E-state index contributed by atoms with van der Waals surface area (Å²) in [6.45, 7) is 3.86. The van der Waals surface area contributed by atoms with E-state index in [0.717, 1.165) is 5.69 Å². The van der Waals surface area contributed by atoms with Gasteiger partial charge >= 0.3 is 0 Å². The summed E-state index contributed by atoms with van der Waals surface area (Å²) in [4.78, 5) is 30.7. The minimum atomic E-state index is -0.884. The van der Waals surface area contributed by atoms with Crippen molar-refractivity contribution in [3.63, 3.8) is 0 Å². The zero-order valence-corrected chi connectivity index (χ0v) is 22.2. The molecule has 0 fully saturated rings. The number of fused-ring (bicyclic) bond motifs is 1. The van der Waals surface area contributed by atoms with Crippen LogP contribution in [-0.2, 0) is 4.79 Å². The number of anilines is 2. The summed E-state index contributed by atoms with van der Waals surface area (Å²) in [6, 6.07) is 20.2. The van der Waals surface area contributed by atoms with Crippen LogP contribution in [-0.4, -0.2) is 37.0 Å². The van der Waals surface area contributed by atoms with Crippen molar-refractivity contribution in [1.82, 2.24) is 0 Å². The first-order valence-corrected chi connectivity index (χ1v) is 12.6. The highest BCUT2D eigenvalue weighted by molar-refractivity contribution is 6.31. The zero-order valence-electron chi connectivity index (χ0n) is 21.4. The van der Waals surface area contributed by atoms with E-state index in [4.69, 9.17) is 20.8 Å². The molecule has 1 amide bonds. The van der Waals surface area contributed by atoms with Gasteiger partial charge in [-0.25, -0.2) is 0 Å². The number of aliphatic hydroxyl groups excluding tert-OH is 1. The van der Waals surface area contributed by atoms with Crippen LogP contribution in [0.15, 0.2) is 88.5 Å². The van der Waals surface area contributed by atoms with E-state index in [1.54, 1.807) is 60.7 Å². The number of aliphatic hydroxyl groups is 1. The van der Waals surface area contributed by atoms with Gasteiger partial charge in [-0.2, -0.15) is 0 Å². The number of Topliss-reactive ketones (excluding diaryl/α,β-unsaturated/α-hetero) is 1. The van der Waals surface area contributed by atoms with Gasteiger partial charge in [0.05, 0.1) is 17.7 Å². The summed E-state index contributed by atoms with van der Waals surface area (Å²) >= 11 is 6.10. The highest BCUT2D eigenvalue weighted by Gasteiger charge is 2.45. The average Bonchev–Trinajstić information content (AvgIpc) is 3.42. The number of amides is 1. The fourth-order valence-electron chi connectivity index (χ4n) is 4.59. The van der Waals surface area contributed by atoms with Crippen molar-refractivity contribution < 1.29 is 23.8 Å². The number of ketones is 1. The van der Waals surface area contributed by atoms with Crippen molar-refractivity contribution in [3.05, 3.63) is 100 Å². The van der Waals surface area contributed by atoms with Gasteiger partial charge in [-0.3, -0.25) is 14.5 Å². The molecule has 1 atom stereocenters. The molecule has 0 spiro atoms. The number of nitrogens with zero attached hydrogens (tertiary/aromatic N) is 2. The molecule has 2 heterocycles. The molecule has 8 heteroatoms. The Balaban J connectivity index is 1.61. The topological polar surface area (TPSA) is 83.2 Å². The Bertz CT molecular complexity index is 1550. The van der Waals surface area contributed by atoms with Crippen molar-refractivity contribution in [1.29, 1.82) is 0 Å². The third kappa shape index (κ3) is 4.61. The Morgan fingerprint density at radius 1 is 1.03 bits per heavy atom. The molecule has 1 aliphatic heterocycles. The SMILES string of the molecule is CC(C)Oc1ccc(C2C(C(=O)c3cc4cc(Cl)ccc4o3)=C(O)C(=O)N2c2ccc(N(C)C)cc2)cc1. The molecule has 3 aromatic carbocycles. The lowest BCUT2D eigenvalue weighted by molar-refractivity contribution is -0.117. The van der Waals surface area contributed by atoms with Crippen molar-refractivity contribution in [2.45, 2.75) is 26.0 Å². The molecule has 7 nitrogen and oxygen atoms in total. The van der Waals surface area contributed by atoms with Gasteiger partial charge in [0, 0.05) is 35.9 Å². The van der Waals surface area contributed by atoms with Crippen LogP contribution in [0.1, 0.15) is 36.0 Å². The van der Waals surface area contributed by atoms with E-state index in [1.807, 2.05) is 45.0 Å². The molecular formula is C30H27ClN2O5. The summed E-state index contributed by atoms with van der Waals surface area (Å²) in [6.07, 6.45) is -0.0108. The molecule has 0 aliphatic carbocycles. The fraction of sp³-hybridized carbons (Fsp3) is 0.200. The first kappa shape index (κ1) is 25.4. The van der Waals surface area contributed by atoms with E-state index >= 15 is 0 Å². The van der Waals surface area contributed by atoms with E-state index in [9.17, 15) is 14.7 Å². The first-order chi connectivity index (χ1) is 18.1. The summed E-state index contributed by atoms with van der Waals surface area (Å²) in [5.74, 6) is -1.20. The monoisotopic (exact) mass is 530 g/mol. The van der Waals surface area contributed by atoms with Gasteiger partial charge in [-0.1, -0.05) is 23.7 Å². The Labute approximate surface area is 225 Å². The zero-order chi connectivity index (χ0) is 27.1. The maximum absolute atomic E-state index is 13.8. The predicted molar refractivity (Wildman–Crippen MR) is 148 cm³/mol. The largest absolute Gasteiger partial charge is 0.503 e. The molecule has 1 aliphatic rings. The van der Waals surface area contributed by atoms with Gasteiger partial charge in [0.15, 0.2) is 11.5 Å². The van der Waals surface area contributed by atoms with Gasteiger partial charge in [0.1, 0.15) is 11.3 Å². The Kier molecular flexibility index (Phi) is 6.63. The van der Waals surface area contributed by atoms with E-state index in [-0.39, 0.29) is 17.4 Å². The molecule has 0 saturated heterocycles.